The molecule has 0 aliphatic rings. The number of thiazole rings is 1. The van der Waals surface area contributed by atoms with Crippen LogP contribution in [0.5, 0.6) is 0 Å². The molecule has 2 aromatic heterocycles. The minimum Gasteiger partial charge on any atom is -0.455 e. The molecule has 0 bridgehead atoms. The number of rotatable bonds is 6. The molecule has 1 aromatic carbocycles. The Balaban J connectivity index is 1.50. The maximum atomic E-state index is 13.4. The summed E-state index contributed by atoms with van der Waals surface area (Å²) in [6, 6.07) is 5.13. The third-order valence-corrected chi connectivity index (χ3v) is 4.86. The molecule has 3 aromatic rings. The minimum atomic E-state index is -0.909. The first-order chi connectivity index (χ1) is 12.5. The average Bonchev–Trinajstić information content (AvgIpc) is 3.28. The number of thiophene rings is 1. The van der Waals surface area contributed by atoms with Crippen molar-refractivity contribution in [3.05, 3.63) is 57.7 Å². The van der Waals surface area contributed by atoms with Crippen molar-refractivity contribution in [2.75, 3.05) is 11.9 Å². The van der Waals surface area contributed by atoms with Gasteiger partial charge in [-0.3, -0.25) is 9.59 Å². The number of ether oxygens (including phenoxy) is 1. The monoisotopic (exact) mass is 394 g/mol. The van der Waals surface area contributed by atoms with Crippen molar-refractivity contribution in [1.82, 2.24) is 4.98 Å². The minimum absolute atomic E-state index is 0.0953. The van der Waals surface area contributed by atoms with Gasteiger partial charge in [-0.1, -0.05) is 6.07 Å². The summed E-state index contributed by atoms with van der Waals surface area (Å²) in [6.45, 7) is -0.645. The number of halogens is 2. The van der Waals surface area contributed by atoms with Crippen LogP contribution in [0.1, 0.15) is 5.69 Å². The van der Waals surface area contributed by atoms with Gasteiger partial charge in [0.05, 0.1) is 12.1 Å². The number of nitrogens with one attached hydrogen (secondary N) is 1. The van der Waals surface area contributed by atoms with Crippen LogP contribution in [-0.2, 0) is 20.7 Å². The van der Waals surface area contributed by atoms with Crippen molar-refractivity contribution in [3.8, 4) is 10.6 Å². The Hall–Kier alpha value is -2.65. The molecule has 2 heterocycles. The van der Waals surface area contributed by atoms with Crippen LogP contribution in [0.4, 0.5) is 14.5 Å². The zero-order valence-electron chi connectivity index (χ0n) is 13.2. The van der Waals surface area contributed by atoms with Crippen LogP contribution in [-0.4, -0.2) is 23.5 Å². The maximum Gasteiger partial charge on any atom is 0.312 e. The highest BCUT2D eigenvalue weighted by Crippen LogP contribution is 2.25. The van der Waals surface area contributed by atoms with Crippen LogP contribution in [0.15, 0.2) is 40.4 Å². The third kappa shape index (κ3) is 4.50. The summed E-state index contributed by atoms with van der Waals surface area (Å²) in [5, 5.41) is 8.46. The van der Waals surface area contributed by atoms with E-state index in [1.165, 1.54) is 17.4 Å². The van der Waals surface area contributed by atoms with Crippen molar-refractivity contribution >= 4 is 40.2 Å². The van der Waals surface area contributed by atoms with E-state index in [-0.39, 0.29) is 6.42 Å². The van der Waals surface area contributed by atoms with Gasteiger partial charge in [-0.25, -0.2) is 13.8 Å². The van der Waals surface area contributed by atoms with Crippen molar-refractivity contribution in [2.45, 2.75) is 6.42 Å². The Morgan fingerprint density at radius 3 is 2.62 bits per heavy atom. The highest BCUT2D eigenvalue weighted by atomic mass is 32.1. The summed E-state index contributed by atoms with van der Waals surface area (Å²) in [7, 11) is 0. The first kappa shape index (κ1) is 18.2. The molecule has 134 valence electrons. The maximum absolute atomic E-state index is 13.4. The molecular weight excluding hydrogens is 382 g/mol. The quantitative estimate of drug-likeness (QED) is 0.645. The lowest BCUT2D eigenvalue weighted by Gasteiger charge is -2.07. The number of benzene rings is 1. The van der Waals surface area contributed by atoms with Gasteiger partial charge in [-0.05, 0) is 23.6 Å². The van der Waals surface area contributed by atoms with Crippen LogP contribution < -0.4 is 5.32 Å². The summed E-state index contributed by atoms with van der Waals surface area (Å²) >= 11 is 2.95. The molecule has 9 heteroatoms. The van der Waals surface area contributed by atoms with E-state index in [9.17, 15) is 18.4 Å². The van der Waals surface area contributed by atoms with Crippen LogP contribution in [0.2, 0.25) is 0 Å². The number of aromatic nitrogens is 1. The van der Waals surface area contributed by atoms with Gasteiger partial charge in [0.15, 0.2) is 6.61 Å². The van der Waals surface area contributed by atoms with Crippen LogP contribution in [0.25, 0.3) is 10.6 Å². The molecule has 0 aliphatic heterocycles. The van der Waals surface area contributed by atoms with Gasteiger partial charge in [-0.2, -0.15) is 11.3 Å². The fourth-order valence-electron chi connectivity index (χ4n) is 2.04. The third-order valence-electron chi connectivity index (χ3n) is 3.24. The van der Waals surface area contributed by atoms with Gasteiger partial charge < -0.3 is 10.1 Å². The van der Waals surface area contributed by atoms with E-state index in [1.54, 1.807) is 16.7 Å². The summed E-state index contributed by atoms with van der Waals surface area (Å²) in [6.07, 6.45) is -0.0953. The second-order valence-corrected chi connectivity index (χ2v) is 6.78. The van der Waals surface area contributed by atoms with Gasteiger partial charge in [0.2, 0.25) is 0 Å². The molecule has 26 heavy (non-hydrogen) atoms. The van der Waals surface area contributed by atoms with E-state index < -0.39 is 35.8 Å². The fraction of sp³-hybridized carbons (Fsp3) is 0.118. The van der Waals surface area contributed by atoms with E-state index in [0.717, 1.165) is 22.7 Å². The first-order valence-electron chi connectivity index (χ1n) is 7.39. The number of carbonyl (C=O) groups is 2. The molecule has 0 aliphatic carbocycles. The van der Waals surface area contributed by atoms with Crippen molar-refractivity contribution in [1.29, 1.82) is 0 Å². The zero-order chi connectivity index (χ0) is 18.5. The number of nitrogens with zero attached hydrogens (tertiary/aromatic N) is 1. The van der Waals surface area contributed by atoms with E-state index in [4.69, 9.17) is 4.74 Å². The molecule has 0 unspecified atom stereocenters. The molecule has 5 nitrogen and oxygen atoms in total. The standard InChI is InChI=1S/C17H12F2N2O3S2/c18-12-2-1-3-13(19)16(12)21-14(22)7-24-15(23)6-11-9-26-17(20-11)10-4-5-25-8-10/h1-5,8-9H,6-7H2,(H,21,22). The van der Waals surface area contributed by atoms with Crippen molar-refractivity contribution in [2.24, 2.45) is 0 Å². The number of anilines is 1. The van der Waals surface area contributed by atoms with Gasteiger partial charge >= 0.3 is 5.97 Å². The Morgan fingerprint density at radius 1 is 1.15 bits per heavy atom. The zero-order valence-corrected chi connectivity index (χ0v) is 14.8. The summed E-state index contributed by atoms with van der Waals surface area (Å²) in [5.41, 5.74) is 0.932. The molecule has 3 rings (SSSR count). The lowest BCUT2D eigenvalue weighted by Crippen LogP contribution is -2.22. The molecular formula is C17H12F2N2O3S2. The second-order valence-electron chi connectivity index (χ2n) is 5.14. The summed E-state index contributed by atoms with van der Waals surface area (Å²) in [4.78, 5) is 27.8. The molecule has 0 saturated heterocycles. The van der Waals surface area contributed by atoms with Crippen molar-refractivity contribution < 1.29 is 23.1 Å². The average molecular weight is 394 g/mol. The molecule has 0 radical (unpaired) electrons. The van der Waals surface area contributed by atoms with Crippen molar-refractivity contribution in [3.63, 3.8) is 0 Å². The molecule has 1 N–H and O–H groups in total. The summed E-state index contributed by atoms with van der Waals surface area (Å²) in [5.74, 6) is -3.31. The lowest BCUT2D eigenvalue weighted by molar-refractivity contribution is -0.146. The predicted octanol–water partition coefficient (Wildman–Crippen LogP) is 3.87. The predicted molar refractivity (Wildman–Crippen MR) is 95.1 cm³/mol. The van der Waals surface area contributed by atoms with Gasteiger partial charge in [0.25, 0.3) is 5.91 Å². The highest BCUT2D eigenvalue weighted by molar-refractivity contribution is 7.14. The Kier molecular flexibility index (Phi) is 5.69. The first-order valence-corrected chi connectivity index (χ1v) is 9.21. The Morgan fingerprint density at radius 2 is 1.92 bits per heavy atom. The number of carbonyl (C=O) groups excluding carboxylic acids is 2. The number of hydrogen-bond donors (Lipinski definition) is 1. The highest BCUT2D eigenvalue weighted by Gasteiger charge is 2.15. The number of esters is 1. The van der Waals surface area contributed by atoms with E-state index in [2.05, 4.69) is 4.98 Å². The topological polar surface area (TPSA) is 68.3 Å². The smallest absolute Gasteiger partial charge is 0.312 e. The largest absolute Gasteiger partial charge is 0.455 e. The second kappa shape index (κ2) is 8.15. The molecule has 0 atom stereocenters. The van der Waals surface area contributed by atoms with E-state index in [0.29, 0.717) is 5.69 Å². The normalized spacial score (nSPS) is 10.5. The number of hydrogen-bond acceptors (Lipinski definition) is 6. The van der Waals surface area contributed by atoms with E-state index >= 15 is 0 Å². The number of para-hydroxylation sites is 1. The van der Waals surface area contributed by atoms with E-state index in [1.807, 2.05) is 22.1 Å². The molecule has 1 amide bonds. The van der Waals surface area contributed by atoms with Gasteiger partial charge in [0.1, 0.15) is 22.3 Å². The molecule has 0 spiro atoms. The molecule has 0 fully saturated rings. The van der Waals surface area contributed by atoms with Crippen LogP contribution in [0, 0.1) is 11.6 Å². The SMILES string of the molecule is O=C(COC(=O)Cc1csc(-c2ccsc2)n1)Nc1c(F)cccc1F. The van der Waals surface area contributed by atoms with Gasteiger partial charge in [0, 0.05) is 16.3 Å². The Labute approximate surface area is 155 Å². The van der Waals surface area contributed by atoms with Gasteiger partial charge in [-0.15, -0.1) is 11.3 Å². The van der Waals surface area contributed by atoms with Crippen LogP contribution >= 0.6 is 22.7 Å². The Bertz CT molecular complexity index is 906. The molecule has 0 saturated carbocycles. The summed E-state index contributed by atoms with van der Waals surface area (Å²) < 4.78 is 31.7. The lowest BCUT2D eigenvalue weighted by atomic mass is 10.3. The number of amides is 1. The fourth-order valence-corrected chi connectivity index (χ4v) is 3.58. The van der Waals surface area contributed by atoms with Crippen LogP contribution in [0.3, 0.4) is 0 Å².